The molecule has 0 amide bonds. The van der Waals surface area contributed by atoms with Crippen LogP contribution in [0.4, 0.5) is 4.39 Å². The summed E-state index contributed by atoms with van der Waals surface area (Å²) in [5.74, 6) is -0.929. The minimum atomic E-state index is -1.38. The zero-order valence-electron chi connectivity index (χ0n) is 26.1. The molecule has 0 aliphatic carbocycles. The Morgan fingerprint density at radius 1 is 1.09 bits per heavy atom. The van der Waals surface area contributed by atoms with E-state index in [4.69, 9.17) is 24.3 Å². The Morgan fingerprint density at radius 2 is 1.84 bits per heavy atom. The first-order valence-corrected chi connectivity index (χ1v) is 14.8. The van der Waals surface area contributed by atoms with Crippen LogP contribution in [0.5, 0.6) is 11.6 Å². The van der Waals surface area contributed by atoms with Crippen LogP contribution in [0.1, 0.15) is 55.7 Å². The van der Waals surface area contributed by atoms with Gasteiger partial charge in [0.2, 0.25) is 5.88 Å². The zero-order chi connectivity index (χ0) is 32.0. The smallest absolute Gasteiger partial charge is 0.337 e. The predicted molar refractivity (Wildman–Crippen MR) is 168 cm³/mol. The van der Waals surface area contributed by atoms with E-state index >= 15 is 4.39 Å². The summed E-state index contributed by atoms with van der Waals surface area (Å²) in [6, 6.07) is 14.9. The molecule has 9 nitrogen and oxygen atoms in total. The fraction of sp³-hybridized carbons (Fsp3) is 0.314. The fourth-order valence-electron chi connectivity index (χ4n) is 5.90. The van der Waals surface area contributed by atoms with Crippen molar-refractivity contribution in [1.29, 1.82) is 0 Å². The number of carboxylic acids is 1. The number of aromatic nitrogens is 4. The number of aliphatic carboxylic acids is 1. The number of fused-ring (bicyclic) bond motifs is 2. The molecule has 45 heavy (non-hydrogen) atoms. The first kappa shape index (κ1) is 30.2. The minimum Gasteiger partial charge on any atom is -0.490 e. The Balaban J connectivity index is 1.61. The molecule has 232 valence electrons. The first-order chi connectivity index (χ1) is 21.4. The van der Waals surface area contributed by atoms with Crippen LogP contribution in [-0.4, -0.2) is 50.0 Å². The van der Waals surface area contributed by atoms with E-state index in [2.05, 4.69) is 4.98 Å². The molecule has 0 unspecified atom stereocenters. The SMILES string of the molecule is COc1cc(-c2cccc(-c3cc4nc(C)c([C@H](OC(C)(C)C)C(=O)O)c(-c5cc(F)c6c(c5C)CCCO6)n4n3)c2)ccn1. The molecule has 3 aromatic heterocycles. The van der Waals surface area contributed by atoms with Gasteiger partial charge in [0, 0.05) is 46.3 Å². The Kier molecular flexibility index (Phi) is 7.78. The van der Waals surface area contributed by atoms with Crippen molar-refractivity contribution in [1.82, 2.24) is 19.6 Å². The summed E-state index contributed by atoms with van der Waals surface area (Å²) in [7, 11) is 1.57. The summed E-state index contributed by atoms with van der Waals surface area (Å²) in [5.41, 5.74) is 6.26. The van der Waals surface area contributed by atoms with Crippen LogP contribution < -0.4 is 9.47 Å². The Hall–Kier alpha value is -4.83. The second-order valence-electron chi connectivity index (χ2n) is 12.2. The molecule has 0 saturated heterocycles. The lowest BCUT2D eigenvalue weighted by molar-refractivity contribution is -0.160. The van der Waals surface area contributed by atoms with Gasteiger partial charge in [-0.3, -0.25) is 0 Å². The second kappa shape index (κ2) is 11.6. The second-order valence-corrected chi connectivity index (χ2v) is 12.2. The number of nitrogens with zero attached hydrogens (tertiary/aromatic N) is 4. The minimum absolute atomic E-state index is 0.248. The molecule has 1 atom stereocenters. The van der Waals surface area contributed by atoms with Gasteiger partial charge < -0.3 is 19.3 Å². The normalized spacial score (nSPS) is 13.8. The third-order valence-corrected chi connectivity index (χ3v) is 7.91. The van der Waals surface area contributed by atoms with Gasteiger partial charge in [-0.15, -0.1) is 0 Å². The van der Waals surface area contributed by atoms with Crippen molar-refractivity contribution in [2.24, 2.45) is 0 Å². The average molecular weight is 611 g/mol. The standard InChI is InChI=1S/C35H35FN4O5/c1-19-24-11-8-14-44-32(24)26(36)17-25(19)31-30(33(34(41)42)45-35(3,4)5)20(2)38-28-18-27(39-40(28)31)23-10-7-9-21(15-23)22-12-13-37-29(16-22)43-6/h7,9-10,12-13,15-18,33H,8,11,14H2,1-6H3,(H,41,42)/t33-/m0/s1. The van der Waals surface area contributed by atoms with E-state index in [1.165, 1.54) is 6.07 Å². The number of methoxy groups -OCH3 is 1. The maximum atomic E-state index is 15.7. The number of halogens is 1. The molecule has 0 bridgehead atoms. The third-order valence-electron chi connectivity index (χ3n) is 7.91. The molecule has 2 aromatic carbocycles. The molecule has 5 aromatic rings. The van der Waals surface area contributed by atoms with Gasteiger partial charge in [-0.25, -0.2) is 23.7 Å². The lowest BCUT2D eigenvalue weighted by Crippen LogP contribution is -2.29. The van der Waals surface area contributed by atoms with E-state index in [1.807, 2.05) is 49.4 Å². The van der Waals surface area contributed by atoms with E-state index in [0.29, 0.717) is 52.8 Å². The lowest BCUT2D eigenvalue weighted by atomic mass is 9.91. The average Bonchev–Trinajstić information content (AvgIpc) is 3.44. The van der Waals surface area contributed by atoms with Gasteiger partial charge in [-0.2, -0.15) is 5.10 Å². The van der Waals surface area contributed by atoms with Crippen molar-refractivity contribution < 1.29 is 28.5 Å². The molecular weight excluding hydrogens is 575 g/mol. The van der Waals surface area contributed by atoms with Crippen LogP contribution in [0.3, 0.4) is 0 Å². The molecular formula is C35H35FN4O5. The van der Waals surface area contributed by atoms with Crippen LogP contribution in [0, 0.1) is 19.7 Å². The lowest BCUT2D eigenvalue weighted by Gasteiger charge is -2.28. The van der Waals surface area contributed by atoms with Gasteiger partial charge in [0.1, 0.15) is 0 Å². The van der Waals surface area contributed by atoms with Gasteiger partial charge in [0.25, 0.3) is 0 Å². The summed E-state index contributed by atoms with van der Waals surface area (Å²) in [6.07, 6.45) is 1.71. The highest BCUT2D eigenvalue weighted by atomic mass is 19.1. The number of aryl methyl sites for hydroxylation is 1. The van der Waals surface area contributed by atoms with Crippen LogP contribution in [-0.2, 0) is 16.0 Å². The third kappa shape index (κ3) is 5.73. The molecule has 0 saturated carbocycles. The Morgan fingerprint density at radius 3 is 2.58 bits per heavy atom. The topological polar surface area (TPSA) is 108 Å². The predicted octanol–water partition coefficient (Wildman–Crippen LogP) is 7.16. The first-order valence-electron chi connectivity index (χ1n) is 14.8. The van der Waals surface area contributed by atoms with Gasteiger partial charge in [-0.05, 0) is 82.3 Å². The molecule has 1 aliphatic heterocycles. The molecule has 6 rings (SSSR count). The van der Waals surface area contributed by atoms with Crippen molar-refractivity contribution in [2.45, 2.75) is 59.2 Å². The number of hydrogen-bond donors (Lipinski definition) is 1. The maximum absolute atomic E-state index is 15.7. The van der Waals surface area contributed by atoms with E-state index < -0.39 is 23.5 Å². The van der Waals surface area contributed by atoms with Crippen molar-refractivity contribution in [3.05, 3.63) is 82.9 Å². The summed E-state index contributed by atoms with van der Waals surface area (Å²) in [6.45, 7) is 9.48. The molecule has 10 heteroatoms. The summed E-state index contributed by atoms with van der Waals surface area (Å²) in [4.78, 5) is 21.8. The monoisotopic (exact) mass is 610 g/mol. The van der Waals surface area contributed by atoms with Crippen molar-refractivity contribution in [3.8, 4) is 45.3 Å². The van der Waals surface area contributed by atoms with Gasteiger partial charge >= 0.3 is 5.97 Å². The van der Waals surface area contributed by atoms with Crippen LogP contribution in [0.15, 0.2) is 54.7 Å². The maximum Gasteiger partial charge on any atom is 0.337 e. The molecule has 0 radical (unpaired) electrons. The highest BCUT2D eigenvalue weighted by Gasteiger charge is 2.34. The Bertz CT molecular complexity index is 1950. The van der Waals surface area contributed by atoms with Crippen LogP contribution in [0.25, 0.3) is 39.3 Å². The zero-order valence-corrected chi connectivity index (χ0v) is 26.1. The summed E-state index contributed by atoms with van der Waals surface area (Å²) >= 11 is 0. The quantitative estimate of drug-likeness (QED) is 0.207. The molecule has 1 N–H and O–H groups in total. The number of rotatable bonds is 7. The van der Waals surface area contributed by atoms with E-state index in [0.717, 1.165) is 34.2 Å². The van der Waals surface area contributed by atoms with Crippen LogP contribution in [0.2, 0.25) is 0 Å². The van der Waals surface area contributed by atoms with E-state index in [-0.39, 0.29) is 5.75 Å². The number of carboxylic acid groups (broad SMARTS) is 1. The van der Waals surface area contributed by atoms with Gasteiger partial charge in [-0.1, -0.05) is 18.2 Å². The van der Waals surface area contributed by atoms with Gasteiger partial charge in [0.05, 0.1) is 30.7 Å². The molecule has 1 aliphatic rings. The summed E-state index contributed by atoms with van der Waals surface area (Å²) < 4.78 is 34.4. The number of benzene rings is 2. The van der Waals surface area contributed by atoms with E-state index in [1.54, 1.807) is 45.5 Å². The van der Waals surface area contributed by atoms with Crippen molar-refractivity contribution in [2.75, 3.05) is 13.7 Å². The summed E-state index contributed by atoms with van der Waals surface area (Å²) in [5, 5.41) is 15.4. The number of carbonyl (C=O) groups is 1. The fourth-order valence-corrected chi connectivity index (χ4v) is 5.90. The van der Waals surface area contributed by atoms with E-state index in [9.17, 15) is 9.90 Å². The number of pyridine rings is 1. The number of hydrogen-bond acceptors (Lipinski definition) is 7. The highest BCUT2D eigenvalue weighted by Crippen LogP contribution is 2.42. The van der Waals surface area contributed by atoms with Crippen molar-refractivity contribution in [3.63, 3.8) is 0 Å². The highest BCUT2D eigenvalue weighted by molar-refractivity contribution is 5.83. The van der Waals surface area contributed by atoms with Crippen LogP contribution >= 0.6 is 0 Å². The Labute approximate surface area is 260 Å². The molecule has 0 spiro atoms. The largest absolute Gasteiger partial charge is 0.490 e. The van der Waals surface area contributed by atoms with Gasteiger partial charge in [0.15, 0.2) is 23.3 Å². The number of ether oxygens (including phenoxy) is 3. The van der Waals surface area contributed by atoms with Crippen molar-refractivity contribution >= 4 is 11.6 Å². The molecule has 4 heterocycles. The molecule has 0 fully saturated rings.